The molecule has 1 aliphatic carbocycles. The molecule has 2 aromatic rings. The first-order valence-corrected chi connectivity index (χ1v) is 5.70. The Morgan fingerprint density at radius 1 is 1.35 bits per heavy atom. The maximum atomic E-state index is 13.7. The Morgan fingerprint density at radius 3 is 2.76 bits per heavy atom. The number of halogens is 2. The van der Waals surface area contributed by atoms with Crippen molar-refractivity contribution >= 4 is 12.2 Å². The second-order valence-corrected chi connectivity index (χ2v) is 4.46. The minimum atomic E-state index is -0.624. The van der Waals surface area contributed by atoms with Crippen LogP contribution < -0.4 is 0 Å². The molecule has 1 saturated carbocycles. The van der Waals surface area contributed by atoms with E-state index in [1.54, 1.807) is 4.57 Å². The zero-order valence-electron chi connectivity index (χ0n) is 8.78. The minimum Gasteiger partial charge on any atom is -0.297 e. The highest BCUT2D eigenvalue weighted by molar-refractivity contribution is 7.71. The molecule has 1 heterocycles. The van der Waals surface area contributed by atoms with Crippen molar-refractivity contribution in [2.75, 3.05) is 0 Å². The number of H-pyrrole nitrogens is 1. The summed E-state index contributed by atoms with van der Waals surface area (Å²) in [6, 6.07) is 3.74. The van der Waals surface area contributed by atoms with Crippen LogP contribution in [0.3, 0.4) is 0 Å². The summed E-state index contributed by atoms with van der Waals surface area (Å²) in [5, 5.41) is 6.68. The van der Waals surface area contributed by atoms with Gasteiger partial charge < -0.3 is 0 Å². The van der Waals surface area contributed by atoms with E-state index in [0.29, 0.717) is 16.6 Å². The molecule has 1 N–H and O–H groups in total. The Balaban J connectivity index is 2.18. The highest BCUT2D eigenvalue weighted by Crippen LogP contribution is 2.38. The standard InChI is InChI=1S/C11H9F2N3S/c12-6-1-4-8(9(13)5-6)10-14-15-11(17)16(10)7-2-3-7/h1,4-5,7H,2-3H2,(H,15,17). The number of nitrogens with zero attached hydrogens (tertiary/aromatic N) is 2. The van der Waals surface area contributed by atoms with E-state index in [4.69, 9.17) is 12.2 Å². The maximum Gasteiger partial charge on any atom is 0.195 e. The average Bonchev–Trinajstić information content (AvgIpc) is 3.03. The highest BCUT2D eigenvalue weighted by Gasteiger charge is 2.28. The van der Waals surface area contributed by atoms with E-state index in [-0.39, 0.29) is 5.56 Å². The number of aromatic amines is 1. The van der Waals surface area contributed by atoms with Crippen LogP contribution in [0.25, 0.3) is 11.4 Å². The van der Waals surface area contributed by atoms with E-state index in [0.717, 1.165) is 18.9 Å². The molecule has 0 amide bonds. The molecule has 3 nitrogen and oxygen atoms in total. The van der Waals surface area contributed by atoms with Crippen LogP contribution in [0.4, 0.5) is 8.78 Å². The summed E-state index contributed by atoms with van der Waals surface area (Å²) in [6.07, 6.45) is 2.04. The van der Waals surface area contributed by atoms with Crippen LogP contribution in [0.15, 0.2) is 18.2 Å². The summed E-state index contributed by atoms with van der Waals surface area (Å²) in [5.74, 6) is -0.783. The number of hydrogen-bond donors (Lipinski definition) is 1. The molecule has 1 aliphatic rings. The van der Waals surface area contributed by atoms with Crippen LogP contribution >= 0.6 is 12.2 Å². The van der Waals surface area contributed by atoms with Gasteiger partial charge in [0.1, 0.15) is 11.6 Å². The summed E-state index contributed by atoms with van der Waals surface area (Å²) in [5.41, 5.74) is 0.269. The van der Waals surface area contributed by atoms with Gasteiger partial charge >= 0.3 is 0 Å². The first-order chi connectivity index (χ1) is 8.16. The van der Waals surface area contributed by atoms with Gasteiger partial charge in [0, 0.05) is 12.1 Å². The Labute approximate surface area is 101 Å². The number of nitrogens with one attached hydrogen (secondary N) is 1. The number of rotatable bonds is 2. The largest absolute Gasteiger partial charge is 0.297 e. The lowest BCUT2D eigenvalue weighted by atomic mass is 10.2. The first-order valence-electron chi connectivity index (χ1n) is 5.29. The fourth-order valence-corrected chi connectivity index (χ4v) is 2.12. The number of benzene rings is 1. The van der Waals surface area contributed by atoms with Crippen molar-refractivity contribution in [3.63, 3.8) is 0 Å². The molecule has 0 saturated heterocycles. The van der Waals surface area contributed by atoms with E-state index in [2.05, 4.69) is 10.2 Å². The van der Waals surface area contributed by atoms with Gasteiger partial charge in [-0.05, 0) is 37.2 Å². The molecule has 6 heteroatoms. The third-order valence-electron chi connectivity index (χ3n) is 2.79. The zero-order chi connectivity index (χ0) is 12.0. The van der Waals surface area contributed by atoms with Gasteiger partial charge in [0.2, 0.25) is 0 Å². The van der Waals surface area contributed by atoms with Gasteiger partial charge in [0.05, 0.1) is 5.56 Å². The second-order valence-electron chi connectivity index (χ2n) is 4.08. The van der Waals surface area contributed by atoms with Crippen LogP contribution in [0.1, 0.15) is 18.9 Å². The van der Waals surface area contributed by atoms with E-state index >= 15 is 0 Å². The molecule has 0 aliphatic heterocycles. The third-order valence-corrected chi connectivity index (χ3v) is 3.08. The monoisotopic (exact) mass is 253 g/mol. The van der Waals surface area contributed by atoms with Gasteiger partial charge in [-0.15, -0.1) is 0 Å². The fraction of sp³-hybridized carbons (Fsp3) is 0.273. The van der Waals surface area contributed by atoms with Gasteiger partial charge in [-0.3, -0.25) is 9.67 Å². The van der Waals surface area contributed by atoms with Crippen LogP contribution in [-0.4, -0.2) is 14.8 Å². The van der Waals surface area contributed by atoms with Crippen LogP contribution in [-0.2, 0) is 0 Å². The summed E-state index contributed by atoms with van der Waals surface area (Å²) in [7, 11) is 0. The van der Waals surface area contributed by atoms with Crippen LogP contribution in [0, 0.1) is 16.4 Å². The van der Waals surface area contributed by atoms with Crippen LogP contribution in [0.2, 0.25) is 0 Å². The summed E-state index contributed by atoms with van der Waals surface area (Å²) < 4.78 is 28.8. The predicted octanol–water partition coefficient (Wildman–Crippen LogP) is 3.22. The normalized spacial score (nSPS) is 15.2. The Hall–Kier alpha value is -1.56. The molecule has 0 unspecified atom stereocenters. The zero-order valence-corrected chi connectivity index (χ0v) is 9.60. The second kappa shape index (κ2) is 3.73. The van der Waals surface area contributed by atoms with Gasteiger partial charge in [-0.1, -0.05) is 0 Å². The lowest BCUT2D eigenvalue weighted by Crippen LogP contribution is -1.99. The smallest absolute Gasteiger partial charge is 0.195 e. The van der Waals surface area contributed by atoms with Gasteiger partial charge in [0.15, 0.2) is 10.6 Å². The van der Waals surface area contributed by atoms with E-state index in [9.17, 15) is 8.78 Å². The molecule has 0 spiro atoms. The molecular weight excluding hydrogens is 244 g/mol. The Morgan fingerprint density at radius 2 is 2.12 bits per heavy atom. The molecule has 1 fully saturated rings. The van der Waals surface area contributed by atoms with E-state index < -0.39 is 11.6 Å². The Kier molecular flexibility index (Phi) is 2.32. The van der Waals surface area contributed by atoms with Crippen molar-refractivity contribution in [3.05, 3.63) is 34.6 Å². The molecule has 3 rings (SSSR count). The van der Waals surface area contributed by atoms with Crippen molar-refractivity contribution < 1.29 is 8.78 Å². The maximum absolute atomic E-state index is 13.7. The van der Waals surface area contributed by atoms with E-state index in [1.165, 1.54) is 12.1 Å². The van der Waals surface area contributed by atoms with Crippen molar-refractivity contribution in [1.29, 1.82) is 0 Å². The quantitative estimate of drug-likeness (QED) is 0.834. The molecule has 0 atom stereocenters. The van der Waals surface area contributed by atoms with Crippen molar-refractivity contribution in [3.8, 4) is 11.4 Å². The SMILES string of the molecule is Fc1ccc(-c2n[nH]c(=S)n2C2CC2)c(F)c1. The molecule has 88 valence electrons. The highest BCUT2D eigenvalue weighted by atomic mass is 32.1. The molecular formula is C11H9F2N3S. The lowest BCUT2D eigenvalue weighted by molar-refractivity contribution is 0.583. The fourth-order valence-electron chi connectivity index (χ4n) is 1.84. The lowest BCUT2D eigenvalue weighted by Gasteiger charge is -2.05. The molecule has 0 radical (unpaired) electrons. The first kappa shape index (κ1) is 10.6. The third kappa shape index (κ3) is 1.78. The molecule has 17 heavy (non-hydrogen) atoms. The number of hydrogen-bond acceptors (Lipinski definition) is 2. The molecule has 1 aromatic carbocycles. The van der Waals surface area contributed by atoms with Crippen molar-refractivity contribution in [1.82, 2.24) is 14.8 Å². The predicted molar refractivity (Wildman–Crippen MR) is 61.0 cm³/mol. The molecule has 1 aromatic heterocycles. The summed E-state index contributed by atoms with van der Waals surface area (Å²) in [6.45, 7) is 0. The van der Waals surface area contributed by atoms with Crippen LogP contribution in [0.5, 0.6) is 0 Å². The molecule has 0 bridgehead atoms. The van der Waals surface area contributed by atoms with Gasteiger partial charge in [-0.25, -0.2) is 8.78 Å². The summed E-state index contributed by atoms with van der Waals surface area (Å²) in [4.78, 5) is 0. The van der Waals surface area contributed by atoms with Crippen molar-refractivity contribution in [2.24, 2.45) is 0 Å². The van der Waals surface area contributed by atoms with Gasteiger partial charge in [-0.2, -0.15) is 5.10 Å². The number of aromatic nitrogens is 3. The summed E-state index contributed by atoms with van der Waals surface area (Å²) >= 11 is 5.11. The average molecular weight is 253 g/mol. The van der Waals surface area contributed by atoms with Gasteiger partial charge in [0.25, 0.3) is 0 Å². The van der Waals surface area contributed by atoms with E-state index in [1.807, 2.05) is 0 Å². The Bertz CT molecular complexity index is 628. The van der Waals surface area contributed by atoms with Crippen molar-refractivity contribution in [2.45, 2.75) is 18.9 Å². The topological polar surface area (TPSA) is 33.6 Å². The minimum absolute atomic E-state index is 0.269.